The third kappa shape index (κ3) is 2.38. The Balaban J connectivity index is 2.03. The van der Waals surface area contributed by atoms with E-state index < -0.39 is 9.04 Å². The highest BCUT2D eigenvalue weighted by Gasteiger charge is 2.25. The van der Waals surface area contributed by atoms with Crippen molar-refractivity contribution in [1.82, 2.24) is 0 Å². The minimum absolute atomic E-state index is 0.150. The molecule has 0 bridgehead atoms. The fourth-order valence-corrected chi connectivity index (χ4v) is 5.03. The van der Waals surface area contributed by atoms with Crippen LogP contribution in [0.5, 0.6) is 0 Å². The second kappa shape index (κ2) is 4.96. The highest BCUT2D eigenvalue weighted by molar-refractivity contribution is 6.64. The molecule has 2 atom stereocenters. The van der Waals surface area contributed by atoms with Crippen LogP contribution in [0.2, 0.25) is 6.04 Å². The lowest BCUT2D eigenvalue weighted by atomic mass is 10.2. The second-order valence-corrected chi connectivity index (χ2v) is 7.26. The molecule has 0 saturated carbocycles. The van der Waals surface area contributed by atoms with Crippen molar-refractivity contribution in [3.05, 3.63) is 35.9 Å². The van der Waals surface area contributed by atoms with Crippen molar-refractivity contribution >= 4 is 20.6 Å². The zero-order valence-electron chi connectivity index (χ0n) is 8.16. The van der Waals surface area contributed by atoms with Crippen LogP contribution in [0.25, 0.3) is 0 Å². The van der Waals surface area contributed by atoms with Crippen LogP contribution in [-0.2, 0) is 4.43 Å². The zero-order valence-corrected chi connectivity index (χ0v) is 10.1. The molecular weight excluding hydrogens is 212 g/mol. The van der Waals surface area contributed by atoms with Crippen molar-refractivity contribution in [3.63, 3.8) is 0 Å². The van der Waals surface area contributed by atoms with Gasteiger partial charge < -0.3 is 4.43 Å². The highest BCUT2D eigenvalue weighted by Crippen LogP contribution is 2.29. The highest BCUT2D eigenvalue weighted by atomic mass is 35.5. The van der Waals surface area contributed by atoms with Crippen LogP contribution in [-0.4, -0.2) is 15.6 Å². The van der Waals surface area contributed by atoms with E-state index in [1.165, 1.54) is 24.4 Å². The number of alkyl halides is 1. The summed E-state index contributed by atoms with van der Waals surface area (Å²) in [7, 11) is -1.18. The topological polar surface area (TPSA) is 9.23 Å². The summed E-state index contributed by atoms with van der Waals surface area (Å²) in [5.41, 5.74) is 1.23. The second-order valence-electron chi connectivity index (χ2n) is 3.72. The Morgan fingerprint density at radius 2 is 2.00 bits per heavy atom. The number of rotatable bonds is 2. The number of halogens is 1. The van der Waals surface area contributed by atoms with Gasteiger partial charge in [0.25, 0.3) is 0 Å². The van der Waals surface area contributed by atoms with E-state index in [0.29, 0.717) is 0 Å². The van der Waals surface area contributed by atoms with Crippen molar-refractivity contribution in [2.75, 3.05) is 6.61 Å². The summed E-state index contributed by atoms with van der Waals surface area (Å²) >= 11 is 6.42. The number of hydrogen-bond donors (Lipinski definition) is 0. The summed E-state index contributed by atoms with van der Waals surface area (Å²) in [5, 5.41) is 0.150. The van der Waals surface area contributed by atoms with Gasteiger partial charge in [-0.1, -0.05) is 36.8 Å². The Kier molecular flexibility index (Phi) is 3.62. The predicted molar refractivity (Wildman–Crippen MR) is 62.2 cm³/mol. The van der Waals surface area contributed by atoms with Gasteiger partial charge >= 0.3 is 0 Å². The SMILES string of the molecule is ClC(c1ccccc1)[SiH]1CCCCO1. The first-order valence-corrected chi connectivity index (χ1v) is 7.57. The molecule has 1 heterocycles. The van der Waals surface area contributed by atoms with Crippen molar-refractivity contribution < 1.29 is 4.43 Å². The Labute approximate surface area is 91.8 Å². The molecule has 1 aliphatic rings. The number of hydrogen-bond acceptors (Lipinski definition) is 1. The van der Waals surface area contributed by atoms with Crippen molar-refractivity contribution in [1.29, 1.82) is 0 Å². The largest absolute Gasteiger partial charge is 0.418 e. The Morgan fingerprint density at radius 3 is 2.64 bits per heavy atom. The van der Waals surface area contributed by atoms with Crippen LogP contribution >= 0.6 is 11.6 Å². The average Bonchev–Trinajstić information content (AvgIpc) is 2.30. The van der Waals surface area contributed by atoms with Crippen LogP contribution in [0, 0.1) is 0 Å². The van der Waals surface area contributed by atoms with Gasteiger partial charge in [-0.05, 0) is 18.0 Å². The van der Waals surface area contributed by atoms with E-state index in [9.17, 15) is 0 Å². The molecule has 1 aromatic rings. The molecule has 0 amide bonds. The van der Waals surface area contributed by atoms with Crippen molar-refractivity contribution in [2.24, 2.45) is 0 Å². The van der Waals surface area contributed by atoms with Crippen molar-refractivity contribution in [2.45, 2.75) is 23.9 Å². The van der Waals surface area contributed by atoms with Crippen LogP contribution in [0.4, 0.5) is 0 Å². The van der Waals surface area contributed by atoms with Gasteiger partial charge in [0.2, 0.25) is 0 Å². The van der Waals surface area contributed by atoms with Crippen LogP contribution in [0.1, 0.15) is 23.4 Å². The maximum Gasteiger partial charge on any atom is 0.198 e. The number of benzene rings is 1. The molecule has 1 aliphatic heterocycles. The zero-order chi connectivity index (χ0) is 9.80. The molecule has 2 unspecified atom stereocenters. The quantitative estimate of drug-likeness (QED) is 0.557. The molecule has 1 fully saturated rings. The minimum Gasteiger partial charge on any atom is -0.418 e. The third-order valence-corrected chi connectivity index (χ3v) is 6.43. The van der Waals surface area contributed by atoms with Gasteiger partial charge in [-0.15, -0.1) is 11.6 Å². The molecular formula is C11H15ClOSi. The van der Waals surface area contributed by atoms with Gasteiger partial charge in [-0.3, -0.25) is 0 Å². The summed E-state index contributed by atoms with van der Waals surface area (Å²) in [6.07, 6.45) is 2.51. The average molecular weight is 227 g/mol. The maximum atomic E-state index is 6.42. The summed E-state index contributed by atoms with van der Waals surface area (Å²) in [6.45, 7) is 0.924. The van der Waals surface area contributed by atoms with Crippen LogP contribution < -0.4 is 0 Å². The molecule has 3 heteroatoms. The third-order valence-electron chi connectivity index (χ3n) is 2.66. The summed E-state index contributed by atoms with van der Waals surface area (Å²) < 4.78 is 5.80. The summed E-state index contributed by atoms with van der Waals surface area (Å²) in [5.74, 6) is 0. The molecule has 76 valence electrons. The lowest BCUT2D eigenvalue weighted by Crippen LogP contribution is -2.28. The monoisotopic (exact) mass is 226 g/mol. The molecule has 14 heavy (non-hydrogen) atoms. The lowest BCUT2D eigenvalue weighted by Gasteiger charge is -2.25. The van der Waals surface area contributed by atoms with Crippen LogP contribution in [0.15, 0.2) is 30.3 Å². The van der Waals surface area contributed by atoms with E-state index in [1.54, 1.807) is 0 Å². The molecule has 0 aromatic heterocycles. The first-order chi connectivity index (χ1) is 6.88. The maximum absolute atomic E-state index is 6.42. The predicted octanol–water partition coefficient (Wildman–Crippen LogP) is 3.04. The van der Waals surface area contributed by atoms with Gasteiger partial charge in [0, 0.05) is 6.61 Å². The summed E-state index contributed by atoms with van der Waals surface area (Å²) in [6, 6.07) is 11.5. The van der Waals surface area contributed by atoms with E-state index in [-0.39, 0.29) is 5.00 Å². The lowest BCUT2D eigenvalue weighted by molar-refractivity contribution is 0.285. The minimum atomic E-state index is -1.18. The van der Waals surface area contributed by atoms with Gasteiger partial charge in [-0.25, -0.2) is 0 Å². The Hall–Kier alpha value is -0.313. The molecule has 1 saturated heterocycles. The molecule has 1 nitrogen and oxygen atoms in total. The molecule has 0 N–H and O–H groups in total. The van der Waals surface area contributed by atoms with E-state index in [0.717, 1.165) is 6.61 Å². The molecule has 0 aliphatic carbocycles. The Morgan fingerprint density at radius 1 is 1.21 bits per heavy atom. The first-order valence-electron chi connectivity index (χ1n) is 5.18. The van der Waals surface area contributed by atoms with E-state index >= 15 is 0 Å². The van der Waals surface area contributed by atoms with Gasteiger partial charge in [0.15, 0.2) is 9.04 Å². The van der Waals surface area contributed by atoms with Crippen molar-refractivity contribution in [3.8, 4) is 0 Å². The smallest absolute Gasteiger partial charge is 0.198 e. The standard InChI is InChI=1S/C11H15ClOSi/c12-11(10-6-2-1-3-7-10)14-9-5-4-8-13-14/h1-3,6-7,11,14H,4-5,8-9H2. The van der Waals surface area contributed by atoms with Gasteiger partial charge in [0.05, 0.1) is 5.00 Å². The van der Waals surface area contributed by atoms with Crippen LogP contribution in [0.3, 0.4) is 0 Å². The molecule has 0 radical (unpaired) electrons. The van der Waals surface area contributed by atoms with Gasteiger partial charge in [0.1, 0.15) is 0 Å². The van der Waals surface area contributed by atoms with E-state index in [2.05, 4.69) is 12.1 Å². The van der Waals surface area contributed by atoms with E-state index in [1.807, 2.05) is 18.2 Å². The normalized spacial score (nSPS) is 24.5. The van der Waals surface area contributed by atoms with E-state index in [4.69, 9.17) is 16.0 Å². The fourth-order valence-electron chi connectivity index (χ4n) is 1.85. The Bertz CT molecular complexity index is 272. The summed E-state index contributed by atoms with van der Waals surface area (Å²) in [4.78, 5) is 0. The molecule has 0 spiro atoms. The molecule has 1 aromatic carbocycles. The van der Waals surface area contributed by atoms with Gasteiger partial charge in [-0.2, -0.15) is 0 Å². The first kappa shape index (κ1) is 10.2. The fraction of sp³-hybridized carbons (Fsp3) is 0.455. The molecule has 2 rings (SSSR count).